The minimum absolute atomic E-state index is 0.0122. The van der Waals surface area contributed by atoms with Gasteiger partial charge in [0.1, 0.15) is 5.75 Å². The van der Waals surface area contributed by atoms with Crippen LogP contribution in [0.5, 0.6) is 5.75 Å². The van der Waals surface area contributed by atoms with E-state index < -0.39 is 0 Å². The lowest BCUT2D eigenvalue weighted by Gasteiger charge is -2.14. The quantitative estimate of drug-likeness (QED) is 0.242. The molecule has 0 unspecified atom stereocenters. The molecule has 0 aliphatic heterocycles. The van der Waals surface area contributed by atoms with Crippen molar-refractivity contribution in [3.8, 4) is 17.0 Å². The first-order valence-corrected chi connectivity index (χ1v) is 13.5. The fraction of sp³-hybridized carbons (Fsp3) is 0.179. The monoisotopic (exact) mass is 609 g/mol. The first-order chi connectivity index (χ1) is 17.4. The van der Waals surface area contributed by atoms with E-state index in [1.54, 1.807) is 19.2 Å². The molecule has 0 fully saturated rings. The van der Waals surface area contributed by atoms with Crippen LogP contribution < -0.4 is 15.4 Å². The summed E-state index contributed by atoms with van der Waals surface area (Å²) in [5.74, 6) is 0.597. The van der Waals surface area contributed by atoms with Crippen LogP contribution in [0, 0.1) is 9.49 Å². The average molecular weight is 609 g/mol. The van der Waals surface area contributed by atoms with Crippen molar-refractivity contribution in [3.05, 3.63) is 92.4 Å². The Labute approximate surface area is 227 Å². The summed E-state index contributed by atoms with van der Waals surface area (Å²) in [6.07, 6.45) is 0.742. The summed E-state index contributed by atoms with van der Waals surface area (Å²) in [5, 5.41) is 8.38. The van der Waals surface area contributed by atoms with Gasteiger partial charge in [0.2, 0.25) is 5.91 Å². The number of thiazole rings is 1. The van der Waals surface area contributed by atoms with Gasteiger partial charge in [-0.15, -0.1) is 11.3 Å². The van der Waals surface area contributed by atoms with Gasteiger partial charge in [-0.3, -0.25) is 9.59 Å². The molecule has 0 bridgehead atoms. The number of methoxy groups -OCH3 is 1. The zero-order valence-corrected chi connectivity index (χ0v) is 22.7. The van der Waals surface area contributed by atoms with Crippen molar-refractivity contribution in [1.82, 2.24) is 4.98 Å². The fourth-order valence-corrected chi connectivity index (χ4v) is 6.00. The van der Waals surface area contributed by atoms with Gasteiger partial charge in [0.15, 0.2) is 5.13 Å². The number of anilines is 2. The Morgan fingerprint density at radius 3 is 2.67 bits per heavy atom. The third-order valence-corrected chi connectivity index (χ3v) is 8.09. The predicted octanol–water partition coefficient (Wildman–Crippen LogP) is 6.59. The Balaban J connectivity index is 1.27. The summed E-state index contributed by atoms with van der Waals surface area (Å²) in [7, 11) is 1.62. The van der Waals surface area contributed by atoms with Gasteiger partial charge in [-0.25, -0.2) is 4.98 Å². The lowest BCUT2D eigenvalue weighted by molar-refractivity contribution is -0.120. The predicted molar refractivity (Wildman–Crippen MR) is 152 cm³/mol. The zero-order valence-electron chi connectivity index (χ0n) is 19.7. The normalized spacial score (nSPS) is 16.3. The highest BCUT2D eigenvalue weighted by molar-refractivity contribution is 14.1. The molecule has 0 saturated heterocycles. The first kappa shape index (κ1) is 24.5. The number of amides is 2. The minimum Gasteiger partial charge on any atom is -0.496 e. The summed E-state index contributed by atoms with van der Waals surface area (Å²) in [6, 6.07) is 21.0. The number of fused-ring (bicyclic) bond motifs is 1. The SMILES string of the molecule is COc1ccc(NC(=O)c2cccc(-c3csc(NC(=O)[C@@H]4Cc5ccccc5[C@@H]4C)n3)c2)cc1I. The van der Waals surface area contributed by atoms with E-state index in [0.29, 0.717) is 22.1 Å². The molecule has 8 heteroatoms. The summed E-state index contributed by atoms with van der Waals surface area (Å²) in [5.41, 5.74) is 5.23. The molecule has 0 spiro atoms. The van der Waals surface area contributed by atoms with Crippen LogP contribution in [0.1, 0.15) is 34.3 Å². The largest absolute Gasteiger partial charge is 0.496 e. The van der Waals surface area contributed by atoms with E-state index in [1.807, 2.05) is 47.8 Å². The molecule has 1 aliphatic carbocycles. The number of benzene rings is 3. The molecule has 182 valence electrons. The molecule has 36 heavy (non-hydrogen) atoms. The van der Waals surface area contributed by atoms with Gasteiger partial charge in [-0.1, -0.05) is 43.3 Å². The van der Waals surface area contributed by atoms with Crippen LogP contribution >= 0.6 is 33.9 Å². The Hall–Kier alpha value is -3.24. The van der Waals surface area contributed by atoms with Crippen molar-refractivity contribution in [2.75, 3.05) is 17.7 Å². The molecule has 3 aromatic carbocycles. The number of carbonyl (C=O) groups excluding carboxylic acids is 2. The van der Waals surface area contributed by atoms with Crippen molar-refractivity contribution in [2.24, 2.45) is 5.92 Å². The van der Waals surface area contributed by atoms with Gasteiger partial charge in [-0.2, -0.15) is 0 Å². The van der Waals surface area contributed by atoms with Crippen LogP contribution in [-0.2, 0) is 11.2 Å². The van der Waals surface area contributed by atoms with E-state index in [-0.39, 0.29) is 23.7 Å². The molecule has 0 saturated carbocycles. The molecule has 6 nitrogen and oxygen atoms in total. The highest BCUT2D eigenvalue weighted by Crippen LogP contribution is 2.38. The third kappa shape index (κ3) is 5.01. The molecule has 2 N–H and O–H groups in total. The number of hydrogen-bond donors (Lipinski definition) is 2. The number of ether oxygens (including phenoxy) is 1. The van der Waals surface area contributed by atoms with Crippen molar-refractivity contribution >= 4 is 56.6 Å². The number of nitrogens with one attached hydrogen (secondary N) is 2. The van der Waals surface area contributed by atoms with Crippen molar-refractivity contribution < 1.29 is 14.3 Å². The summed E-state index contributed by atoms with van der Waals surface area (Å²) in [4.78, 5) is 30.5. The van der Waals surface area contributed by atoms with E-state index in [4.69, 9.17) is 4.74 Å². The third-order valence-electron chi connectivity index (χ3n) is 6.49. The van der Waals surface area contributed by atoms with Gasteiger partial charge in [0.25, 0.3) is 5.91 Å². The maximum Gasteiger partial charge on any atom is 0.255 e. The molecule has 1 aliphatic rings. The van der Waals surface area contributed by atoms with Crippen LogP contribution in [0.25, 0.3) is 11.3 Å². The number of carbonyl (C=O) groups is 2. The molecule has 1 aromatic heterocycles. The summed E-state index contributed by atoms with van der Waals surface area (Å²) < 4.78 is 6.19. The van der Waals surface area contributed by atoms with E-state index in [9.17, 15) is 9.59 Å². The first-order valence-electron chi connectivity index (χ1n) is 11.5. The molecule has 1 heterocycles. The lowest BCUT2D eigenvalue weighted by Crippen LogP contribution is -2.25. The van der Waals surface area contributed by atoms with Crippen LogP contribution in [0.3, 0.4) is 0 Å². The van der Waals surface area contributed by atoms with E-state index >= 15 is 0 Å². The smallest absolute Gasteiger partial charge is 0.255 e. The Kier molecular flexibility index (Phi) is 7.06. The standard InChI is InChI=1S/C28H24IN3O3S/c1-16-21-9-4-3-6-17(21)13-22(16)27(34)32-28-31-24(15-36-28)18-7-5-8-19(12-18)26(33)30-20-10-11-25(35-2)23(29)14-20/h3-12,14-16,22H,13H2,1-2H3,(H,30,33)(H,31,32,34)/t16-,22+/m0/s1. The number of aromatic nitrogens is 1. The van der Waals surface area contributed by atoms with E-state index in [2.05, 4.69) is 57.3 Å². The van der Waals surface area contributed by atoms with Crippen molar-refractivity contribution in [3.63, 3.8) is 0 Å². The maximum atomic E-state index is 13.0. The number of halogens is 1. The highest BCUT2D eigenvalue weighted by Gasteiger charge is 2.34. The second-order valence-corrected chi connectivity index (χ2v) is 10.7. The topological polar surface area (TPSA) is 80.3 Å². The minimum atomic E-state index is -0.212. The molecule has 0 radical (unpaired) electrons. The van der Waals surface area contributed by atoms with Crippen molar-refractivity contribution in [2.45, 2.75) is 19.3 Å². The number of rotatable bonds is 6. The zero-order chi connectivity index (χ0) is 25.2. The van der Waals surface area contributed by atoms with Crippen LogP contribution in [-0.4, -0.2) is 23.9 Å². The lowest BCUT2D eigenvalue weighted by atomic mass is 9.94. The Morgan fingerprint density at radius 1 is 1.06 bits per heavy atom. The molecule has 4 aromatic rings. The molecule has 5 rings (SSSR count). The summed E-state index contributed by atoms with van der Waals surface area (Å²) >= 11 is 3.55. The van der Waals surface area contributed by atoms with E-state index in [0.717, 1.165) is 21.3 Å². The molecule has 2 atom stereocenters. The second-order valence-electron chi connectivity index (χ2n) is 8.71. The summed E-state index contributed by atoms with van der Waals surface area (Å²) in [6.45, 7) is 2.10. The van der Waals surface area contributed by atoms with Gasteiger partial charge in [0, 0.05) is 28.1 Å². The molecule has 2 amide bonds. The van der Waals surface area contributed by atoms with Gasteiger partial charge < -0.3 is 15.4 Å². The average Bonchev–Trinajstić information content (AvgIpc) is 3.49. The van der Waals surface area contributed by atoms with Gasteiger partial charge >= 0.3 is 0 Å². The second kappa shape index (κ2) is 10.4. The number of nitrogens with zero attached hydrogens (tertiary/aromatic N) is 1. The van der Waals surface area contributed by atoms with E-state index in [1.165, 1.54) is 22.5 Å². The Morgan fingerprint density at radius 2 is 1.89 bits per heavy atom. The van der Waals surface area contributed by atoms with Gasteiger partial charge in [-0.05, 0) is 76.4 Å². The Bertz CT molecular complexity index is 1450. The molecular weight excluding hydrogens is 585 g/mol. The van der Waals surface area contributed by atoms with Gasteiger partial charge in [0.05, 0.1) is 16.4 Å². The van der Waals surface area contributed by atoms with Crippen molar-refractivity contribution in [1.29, 1.82) is 0 Å². The molecular formula is C28H24IN3O3S. The van der Waals surface area contributed by atoms with Crippen LogP contribution in [0.15, 0.2) is 72.1 Å². The van der Waals surface area contributed by atoms with Crippen LogP contribution in [0.4, 0.5) is 10.8 Å². The van der Waals surface area contributed by atoms with Crippen LogP contribution in [0.2, 0.25) is 0 Å². The fourth-order valence-electron chi connectivity index (χ4n) is 4.54. The highest BCUT2D eigenvalue weighted by atomic mass is 127. The number of hydrogen-bond acceptors (Lipinski definition) is 5. The maximum absolute atomic E-state index is 13.0.